The number of hydrogen-bond donors (Lipinski definition) is 4. The maximum Gasteiger partial charge on any atom is 0.297 e. The molecule has 0 radical (unpaired) electrons. The van der Waals surface area contributed by atoms with Crippen LogP contribution in [0.3, 0.4) is 0 Å². The number of fused-ring (bicyclic) bond motifs is 2. The fourth-order valence-electron chi connectivity index (χ4n) is 11.3. The molecular formula is C50H61N9O10S2. The summed E-state index contributed by atoms with van der Waals surface area (Å²) < 4.78 is 74.6. The number of H-pyrrole nitrogens is 1. The third-order valence-electron chi connectivity index (χ3n) is 15.0. The minimum absolute atomic E-state index is 0.0270. The van der Waals surface area contributed by atoms with Crippen LogP contribution in [0, 0.1) is 15.5 Å². The lowest BCUT2D eigenvalue weighted by molar-refractivity contribution is -0.384. The van der Waals surface area contributed by atoms with E-state index in [0.29, 0.717) is 62.4 Å². The molecule has 71 heavy (non-hydrogen) atoms. The van der Waals surface area contributed by atoms with Gasteiger partial charge in [-0.25, -0.2) is 31.3 Å². The summed E-state index contributed by atoms with van der Waals surface area (Å²) in [4.78, 5) is 40.0. The van der Waals surface area contributed by atoms with Crippen molar-refractivity contribution in [2.75, 3.05) is 75.6 Å². The van der Waals surface area contributed by atoms with E-state index in [4.69, 9.17) is 14.2 Å². The van der Waals surface area contributed by atoms with Crippen LogP contribution >= 0.6 is 0 Å². The predicted molar refractivity (Wildman–Crippen MR) is 268 cm³/mol. The van der Waals surface area contributed by atoms with E-state index < -0.39 is 41.5 Å². The third kappa shape index (κ3) is 10.6. The number of hydrogen-bond acceptors (Lipinski definition) is 15. The smallest absolute Gasteiger partial charge is 0.297 e. The van der Waals surface area contributed by atoms with E-state index in [1.807, 2.05) is 6.07 Å². The van der Waals surface area contributed by atoms with Gasteiger partial charge in [0.25, 0.3) is 21.6 Å². The van der Waals surface area contributed by atoms with E-state index in [1.165, 1.54) is 23.4 Å². The topological polar surface area (TPSA) is 231 Å². The number of nitrogens with one attached hydrogen (secondary N) is 4. The number of sulfonamides is 2. The zero-order chi connectivity index (χ0) is 49.7. The summed E-state index contributed by atoms with van der Waals surface area (Å²) in [5.74, 6) is -0.163. The molecule has 0 unspecified atom stereocenters. The van der Waals surface area contributed by atoms with Gasteiger partial charge < -0.3 is 34.3 Å². The van der Waals surface area contributed by atoms with Crippen molar-refractivity contribution in [2.45, 2.75) is 87.4 Å². The summed E-state index contributed by atoms with van der Waals surface area (Å²) in [6.07, 6.45) is 9.89. The van der Waals surface area contributed by atoms with E-state index in [-0.39, 0.29) is 52.9 Å². The second-order valence-electron chi connectivity index (χ2n) is 20.2. The van der Waals surface area contributed by atoms with Gasteiger partial charge in [0.2, 0.25) is 10.0 Å². The highest BCUT2D eigenvalue weighted by molar-refractivity contribution is 7.90. The first-order valence-corrected chi connectivity index (χ1v) is 27.8. The fraction of sp³-hybridized carbons (Fsp3) is 0.480. The second-order valence-corrected chi connectivity index (χ2v) is 23.6. The Labute approximate surface area is 413 Å². The first kappa shape index (κ1) is 48.8. The summed E-state index contributed by atoms with van der Waals surface area (Å²) >= 11 is 0. The molecule has 4 N–H and O–H groups in total. The van der Waals surface area contributed by atoms with Gasteiger partial charge in [-0.3, -0.25) is 19.8 Å². The number of morpholine rings is 1. The average molecular weight is 1010 g/mol. The van der Waals surface area contributed by atoms with Gasteiger partial charge in [-0.2, -0.15) is 0 Å². The first-order chi connectivity index (χ1) is 34.0. The Balaban J connectivity index is 0.831. The van der Waals surface area contributed by atoms with Crippen molar-refractivity contribution in [3.63, 3.8) is 0 Å². The summed E-state index contributed by atoms with van der Waals surface area (Å²) in [6.45, 7) is 10.2. The van der Waals surface area contributed by atoms with Gasteiger partial charge in [0.15, 0.2) is 11.4 Å². The van der Waals surface area contributed by atoms with Crippen LogP contribution in [0.5, 0.6) is 17.2 Å². The Hall–Kier alpha value is -5.84. The van der Waals surface area contributed by atoms with Crippen LogP contribution in [0.4, 0.5) is 17.1 Å². The third-order valence-corrected chi connectivity index (χ3v) is 17.1. The van der Waals surface area contributed by atoms with Gasteiger partial charge in [0.1, 0.15) is 23.8 Å². The number of nitro benzene ring substituents is 1. The van der Waals surface area contributed by atoms with Gasteiger partial charge in [-0.1, -0.05) is 38.1 Å². The molecule has 5 aromatic rings. The number of carbonyl (C=O) groups excluding carboxylic acids is 1. The molecule has 1 saturated carbocycles. The number of likely N-dealkylation sites (tertiary alicyclic amines) is 1. The highest BCUT2D eigenvalue weighted by Crippen LogP contribution is 2.53. The Morgan fingerprint density at radius 1 is 0.986 bits per heavy atom. The summed E-state index contributed by atoms with van der Waals surface area (Å²) in [5, 5.41) is 16.4. The number of nitrogens with zero attached hydrogens (tertiary/aromatic N) is 5. The molecule has 1 amide bonds. The highest BCUT2D eigenvalue weighted by Gasteiger charge is 2.50. The van der Waals surface area contributed by atoms with E-state index >= 15 is 0 Å². The van der Waals surface area contributed by atoms with Crippen molar-refractivity contribution >= 4 is 54.0 Å². The molecule has 2 aromatic heterocycles. The predicted octanol–water partition coefficient (Wildman–Crippen LogP) is 6.51. The summed E-state index contributed by atoms with van der Waals surface area (Å²) in [6, 6.07) is 19.7. The molecule has 4 fully saturated rings. The molecule has 6 heterocycles. The minimum atomic E-state index is -4.70. The Morgan fingerprint density at radius 2 is 1.76 bits per heavy atom. The monoisotopic (exact) mass is 1010 g/mol. The number of piperidine rings is 2. The summed E-state index contributed by atoms with van der Waals surface area (Å²) in [5.41, 5.74) is 3.88. The van der Waals surface area contributed by atoms with Gasteiger partial charge in [-0.15, -0.1) is 0 Å². The van der Waals surface area contributed by atoms with Crippen LogP contribution in [0.1, 0.15) is 85.8 Å². The average Bonchev–Trinajstić information content (AvgIpc) is 3.81. The highest BCUT2D eigenvalue weighted by atomic mass is 32.2. The van der Waals surface area contributed by atoms with Gasteiger partial charge in [0.05, 0.1) is 53.1 Å². The van der Waals surface area contributed by atoms with Gasteiger partial charge >= 0.3 is 0 Å². The van der Waals surface area contributed by atoms with Crippen molar-refractivity contribution in [3.05, 3.63) is 106 Å². The maximum atomic E-state index is 14.2. The number of anilines is 2. The zero-order valence-corrected chi connectivity index (χ0v) is 41.8. The number of benzene rings is 3. The van der Waals surface area contributed by atoms with Crippen molar-refractivity contribution in [3.8, 4) is 17.2 Å². The molecule has 2 atom stereocenters. The van der Waals surface area contributed by atoms with Crippen LogP contribution in [0.25, 0.3) is 11.0 Å². The molecule has 3 saturated heterocycles. The van der Waals surface area contributed by atoms with Crippen LogP contribution in [-0.4, -0.2) is 131 Å². The molecule has 1 spiro atoms. The number of nitro groups is 1. The van der Waals surface area contributed by atoms with Crippen LogP contribution < -0.4 is 29.1 Å². The van der Waals surface area contributed by atoms with Gasteiger partial charge in [-0.05, 0) is 98.3 Å². The minimum Gasteiger partial charge on any atom is -0.489 e. The lowest BCUT2D eigenvalue weighted by Gasteiger charge is -2.57. The quantitative estimate of drug-likeness (QED) is 0.0686. The standard InChI is InChI=1S/C50H61N9O10S2/c1-32(2)40-6-4-5-7-41(40)44-31-67-21-20-58(44)37-26-50(27-37)13-18-57(19-14-50)36-8-9-42(45(23-36)69-38-22-33-10-15-51-48(33)52-28-38)49(60)55-71(65,66)39-24-43(59(61)62)47-46(25-39)68-30-35(53-47)29-56-16-11-34(12-17-56)54-70(3,63)64/h4-10,15,22-25,28,32,34-35,37,44,53-54H,11-14,16-21,26-27,29-31H2,1-3H3,(H,51,52)(H,55,60)/t35-,44-/m0/s1. The molecule has 5 aliphatic rings. The number of rotatable bonds is 14. The van der Waals surface area contributed by atoms with E-state index in [0.717, 1.165) is 75.3 Å². The van der Waals surface area contributed by atoms with Crippen LogP contribution in [0.15, 0.2) is 84.0 Å². The number of amides is 1. The van der Waals surface area contributed by atoms with E-state index in [9.17, 15) is 31.7 Å². The van der Waals surface area contributed by atoms with Crippen molar-refractivity contribution in [2.24, 2.45) is 5.41 Å². The summed E-state index contributed by atoms with van der Waals surface area (Å²) in [7, 11) is -8.04. The SMILES string of the molecule is CC(C)c1ccccc1[C@@H]1COCCN1C1CC2(CCN(c3ccc(C(=O)NS(=O)(=O)c4cc5c(c([N+](=O)[O-])c4)N[C@@H](CN4CCC(NS(C)(=O)=O)CC4)CO5)c(Oc4cnc5[nH]ccc5c4)c3)CC2)C1. The van der Waals surface area contributed by atoms with E-state index in [2.05, 4.69) is 77.5 Å². The number of aromatic nitrogens is 2. The molecule has 1 aliphatic carbocycles. The molecular weight excluding hydrogens is 951 g/mol. The largest absolute Gasteiger partial charge is 0.489 e. The zero-order valence-electron chi connectivity index (χ0n) is 40.1. The molecule has 3 aromatic carbocycles. The molecule has 378 valence electrons. The molecule has 19 nitrogen and oxygen atoms in total. The maximum absolute atomic E-state index is 14.2. The number of pyridine rings is 1. The van der Waals surface area contributed by atoms with Crippen molar-refractivity contribution in [1.82, 2.24) is 29.2 Å². The number of ether oxygens (including phenoxy) is 3. The van der Waals surface area contributed by atoms with Crippen LogP contribution in [0.2, 0.25) is 0 Å². The molecule has 21 heteroatoms. The molecule has 0 bridgehead atoms. The number of carbonyl (C=O) groups is 1. The molecule has 10 rings (SSSR count). The lowest BCUT2D eigenvalue weighted by Crippen LogP contribution is -2.58. The second kappa shape index (κ2) is 19.6. The lowest BCUT2D eigenvalue weighted by atomic mass is 9.59. The fourth-order valence-corrected chi connectivity index (χ4v) is 13.2. The van der Waals surface area contributed by atoms with Crippen molar-refractivity contribution < 1.29 is 40.8 Å². The van der Waals surface area contributed by atoms with E-state index in [1.54, 1.807) is 30.5 Å². The molecule has 4 aliphatic heterocycles. The van der Waals surface area contributed by atoms with Crippen molar-refractivity contribution in [1.29, 1.82) is 0 Å². The van der Waals surface area contributed by atoms with Crippen LogP contribution in [-0.2, 0) is 24.8 Å². The number of aromatic amines is 1. The Morgan fingerprint density at radius 3 is 2.51 bits per heavy atom. The Bertz CT molecular complexity index is 3040. The normalized spacial score (nSPS) is 21.3. The first-order valence-electron chi connectivity index (χ1n) is 24.4. The van der Waals surface area contributed by atoms with Gasteiger partial charge in [0, 0.05) is 73.7 Å². The Kier molecular flexibility index (Phi) is 13.5.